The molecule has 0 atom stereocenters. The number of ketones is 1. The molecule has 104 valence electrons. The standard InChI is InChI=1S/C17H12FNOS/c18-12-7-8-13-15(10-12)21-17(16(13)19)14(20)9-6-11-4-2-1-3-5-11/h1-10H,19H2. The van der Waals surface area contributed by atoms with Gasteiger partial charge in [-0.3, -0.25) is 4.79 Å². The number of thiophene rings is 1. The Hall–Kier alpha value is -2.46. The van der Waals surface area contributed by atoms with Gasteiger partial charge in [0.1, 0.15) is 5.82 Å². The molecule has 2 aromatic carbocycles. The minimum absolute atomic E-state index is 0.169. The molecule has 0 saturated carbocycles. The molecule has 21 heavy (non-hydrogen) atoms. The lowest BCUT2D eigenvalue weighted by Gasteiger charge is -1.94. The molecule has 0 spiro atoms. The lowest BCUT2D eigenvalue weighted by molar-refractivity contribution is 0.105. The number of carbonyl (C=O) groups excluding carboxylic acids is 1. The number of nitrogens with two attached hydrogens (primary N) is 1. The van der Waals surface area contributed by atoms with Crippen molar-refractivity contribution in [2.24, 2.45) is 0 Å². The van der Waals surface area contributed by atoms with Gasteiger partial charge in [0.05, 0.1) is 10.6 Å². The Balaban J connectivity index is 1.95. The molecular weight excluding hydrogens is 285 g/mol. The average molecular weight is 297 g/mol. The van der Waals surface area contributed by atoms with Gasteiger partial charge in [0.15, 0.2) is 5.78 Å². The highest BCUT2D eigenvalue weighted by atomic mass is 32.1. The number of carbonyl (C=O) groups is 1. The van der Waals surface area contributed by atoms with Crippen molar-refractivity contribution in [1.82, 2.24) is 0 Å². The molecule has 0 radical (unpaired) electrons. The molecule has 3 aromatic rings. The molecule has 0 saturated heterocycles. The van der Waals surface area contributed by atoms with Crippen LogP contribution in [0.1, 0.15) is 15.2 Å². The van der Waals surface area contributed by atoms with Crippen LogP contribution in [0.3, 0.4) is 0 Å². The van der Waals surface area contributed by atoms with Crippen molar-refractivity contribution in [3.63, 3.8) is 0 Å². The highest BCUT2D eigenvalue weighted by molar-refractivity contribution is 7.21. The molecule has 0 amide bonds. The number of anilines is 1. The minimum Gasteiger partial charge on any atom is -0.397 e. The van der Waals surface area contributed by atoms with Crippen molar-refractivity contribution in [2.45, 2.75) is 0 Å². The molecule has 0 unspecified atom stereocenters. The van der Waals surface area contributed by atoms with Crippen LogP contribution in [0, 0.1) is 5.82 Å². The third kappa shape index (κ3) is 2.71. The van der Waals surface area contributed by atoms with Crippen LogP contribution in [-0.4, -0.2) is 5.78 Å². The van der Waals surface area contributed by atoms with E-state index in [1.807, 2.05) is 30.3 Å². The number of hydrogen-bond donors (Lipinski definition) is 1. The van der Waals surface area contributed by atoms with Crippen molar-refractivity contribution in [1.29, 1.82) is 0 Å². The molecule has 1 heterocycles. The monoisotopic (exact) mass is 297 g/mol. The topological polar surface area (TPSA) is 43.1 Å². The van der Waals surface area contributed by atoms with E-state index < -0.39 is 0 Å². The number of rotatable bonds is 3. The quantitative estimate of drug-likeness (QED) is 0.570. The number of benzene rings is 2. The lowest BCUT2D eigenvalue weighted by atomic mass is 10.1. The van der Waals surface area contributed by atoms with Gasteiger partial charge in [-0.2, -0.15) is 0 Å². The van der Waals surface area contributed by atoms with Gasteiger partial charge in [0.2, 0.25) is 0 Å². The zero-order valence-electron chi connectivity index (χ0n) is 11.0. The van der Waals surface area contributed by atoms with Crippen molar-refractivity contribution >= 4 is 39.0 Å². The van der Waals surface area contributed by atoms with Gasteiger partial charge in [0, 0.05) is 10.1 Å². The van der Waals surface area contributed by atoms with Crippen LogP contribution < -0.4 is 5.73 Å². The maximum absolute atomic E-state index is 13.2. The van der Waals surface area contributed by atoms with E-state index in [0.29, 0.717) is 15.3 Å². The summed E-state index contributed by atoms with van der Waals surface area (Å²) in [6.45, 7) is 0. The Bertz CT molecular complexity index is 837. The summed E-state index contributed by atoms with van der Waals surface area (Å²) in [6.07, 6.45) is 3.24. The van der Waals surface area contributed by atoms with Gasteiger partial charge >= 0.3 is 0 Å². The van der Waals surface area contributed by atoms with E-state index in [2.05, 4.69) is 0 Å². The molecular formula is C17H12FNOS. The highest BCUT2D eigenvalue weighted by Crippen LogP contribution is 2.34. The molecule has 0 aliphatic carbocycles. The first-order valence-electron chi connectivity index (χ1n) is 6.40. The Labute approximate surface area is 125 Å². The molecule has 0 fully saturated rings. The van der Waals surface area contributed by atoms with Crippen LogP contribution in [0.2, 0.25) is 0 Å². The van der Waals surface area contributed by atoms with E-state index in [9.17, 15) is 9.18 Å². The maximum atomic E-state index is 13.2. The van der Waals surface area contributed by atoms with Crippen LogP contribution in [-0.2, 0) is 0 Å². The smallest absolute Gasteiger partial charge is 0.197 e. The predicted octanol–water partition coefficient (Wildman–Crippen LogP) is 4.52. The van der Waals surface area contributed by atoms with E-state index >= 15 is 0 Å². The molecule has 3 rings (SSSR count). The first kappa shape index (κ1) is 13.5. The Kier molecular flexibility index (Phi) is 3.54. The SMILES string of the molecule is Nc1c(C(=O)C=Cc2ccccc2)sc2cc(F)ccc12. The third-order valence-electron chi connectivity index (χ3n) is 3.14. The molecule has 4 heteroatoms. The summed E-state index contributed by atoms with van der Waals surface area (Å²) in [7, 11) is 0. The average Bonchev–Trinajstić information content (AvgIpc) is 2.82. The van der Waals surface area contributed by atoms with E-state index in [1.165, 1.54) is 29.5 Å². The molecule has 2 nitrogen and oxygen atoms in total. The van der Waals surface area contributed by atoms with Gasteiger partial charge < -0.3 is 5.73 Å². The van der Waals surface area contributed by atoms with Gasteiger partial charge in [-0.15, -0.1) is 11.3 Å². The lowest BCUT2D eigenvalue weighted by Crippen LogP contribution is -1.95. The van der Waals surface area contributed by atoms with E-state index in [1.54, 1.807) is 12.1 Å². The van der Waals surface area contributed by atoms with Crippen molar-refractivity contribution in [3.8, 4) is 0 Å². The van der Waals surface area contributed by atoms with Crippen LogP contribution in [0.15, 0.2) is 54.6 Å². The first-order chi connectivity index (χ1) is 10.1. The number of allylic oxidation sites excluding steroid dienone is 1. The summed E-state index contributed by atoms with van der Waals surface area (Å²) in [5.74, 6) is -0.500. The second-order valence-electron chi connectivity index (χ2n) is 4.59. The normalized spacial score (nSPS) is 11.3. The Morgan fingerprint density at radius 2 is 1.90 bits per heavy atom. The summed E-state index contributed by atoms with van der Waals surface area (Å²) in [4.78, 5) is 12.7. The van der Waals surface area contributed by atoms with Crippen molar-refractivity contribution in [3.05, 3.63) is 70.9 Å². The summed E-state index contributed by atoms with van der Waals surface area (Å²) in [6, 6.07) is 13.9. The molecule has 0 aliphatic rings. The van der Waals surface area contributed by atoms with Crippen LogP contribution in [0.4, 0.5) is 10.1 Å². The highest BCUT2D eigenvalue weighted by Gasteiger charge is 2.14. The van der Waals surface area contributed by atoms with E-state index in [-0.39, 0.29) is 11.6 Å². The number of fused-ring (bicyclic) bond motifs is 1. The van der Waals surface area contributed by atoms with Crippen LogP contribution in [0.5, 0.6) is 0 Å². The largest absolute Gasteiger partial charge is 0.397 e. The predicted molar refractivity (Wildman–Crippen MR) is 86.0 cm³/mol. The van der Waals surface area contributed by atoms with E-state index in [4.69, 9.17) is 5.73 Å². The summed E-state index contributed by atoms with van der Waals surface area (Å²) < 4.78 is 13.9. The van der Waals surface area contributed by atoms with Crippen LogP contribution >= 0.6 is 11.3 Å². The van der Waals surface area contributed by atoms with Crippen molar-refractivity contribution in [2.75, 3.05) is 5.73 Å². The second-order valence-corrected chi connectivity index (χ2v) is 5.65. The van der Waals surface area contributed by atoms with Crippen molar-refractivity contribution < 1.29 is 9.18 Å². The third-order valence-corrected chi connectivity index (χ3v) is 4.32. The van der Waals surface area contributed by atoms with Gasteiger partial charge in [-0.25, -0.2) is 4.39 Å². The first-order valence-corrected chi connectivity index (χ1v) is 7.22. The fourth-order valence-corrected chi connectivity index (χ4v) is 3.15. The minimum atomic E-state index is -0.331. The fourth-order valence-electron chi connectivity index (χ4n) is 2.09. The maximum Gasteiger partial charge on any atom is 0.197 e. The zero-order valence-corrected chi connectivity index (χ0v) is 11.9. The summed E-state index contributed by atoms with van der Waals surface area (Å²) in [5, 5.41) is 0.720. The summed E-state index contributed by atoms with van der Waals surface area (Å²) >= 11 is 1.22. The van der Waals surface area contributed by atoms with Gasteiger partial charge in [0.25, 0.3) is 0 Å². The second kappa shape index (κ2) is 5.50. The molecule has 1 aromatic heterocycles. The molecule has 0 aliphatic heterocycles. The Morgan fingerprint density at radius 3 is 2.67 bits per heavy atom. The van der Waals surface area contributed by atoms with Gasteiger partial charge in [-0.1, -0.05) is 36.4 Å². The number of hydrogen-bond acceptors (Lipinski definition) is 3. The Morgan fingerprint density at radius 1 is 1.14 bits per heavy atom. The van der Waals surface area contributed by atoms with Gasteiger partial charge in [-0.05, 0) is 29.8 Å². The number of nitrogen functional groups attached to an aromatic ring is 1. The summed E-state index contributed by atoms with van der Waals surface area (Å²) in [5.41, 5.74) is 7.35. The zero-order chi connectivity index (χ0) is 14.8. The fraction of sp³-hybridized carbons (Fsp3) is 0. The van der Waals surface area contributed by atoms with Crippen LogP contribution in [0.25, 0.3) is 16.2 Å². The molecule has 0 bridgehead atoms. The van der Waals surface area contributed by atoms with E-state index in [0.717, 1.165) is 10.9 Å². The molecule has 2 N–H and O–H groups in total. The number of halogens is 1.